The first-order chi connectivity index (χ1) is 10.0. The second-order valence-electron chi connectivity index (χ2n) is 5.26. The van der Waals surface area contributed by atoms with E-state index in [1.165, 1.54) is 0 Å². The van der Waals surface area contributed by atoms with Gasteiger partial charge in [0.15, 0.2) is 0 Å². The van der Waals surface area contributed by atoms with E-state index in [9.17, 15) is 4.79 Å². The fraction of sp³-hybridized carbons (Fsp3) is 0.353. The van der Waals surface area contributed by atoms with Crippen LogP contribution in [0, 0.1) is 13.8 Å². The molecule has 0 bridgehead atoms. The highest BCUT2D eigenvalue weighted by atomic mass is 16.3. The van der Waals surface area contributed by atoms with Crippen molar-refractivity contribution in [3.8, 4) is 0 Å². The van der Waals surface area contributed by atoms with E-state index < -0.39 is 0 Å². The maximum Gasteiger partial charge on any atom is 0.252 e. The third kappa shape index (κ3) is 3.52. The quantitative estimate of drug-likeness (QED) is 0.888. The molecule has 0 aliphatic rings. The van der Waals surface area contributed by atoms with Crippen LogP contribution in [0.25, 0.3) is 0 Å². The van der Waals surface area contributed by atoms with Crippen LogP contribution in [-0.4, -0.2) is 12.5 Å². The van der Waals surface area contributed by atoms with E-state index in [4.69, 9.17) is 10.2 Å². The highest BCUT2D eigenvalue weighted by Gasteiger charge is 2.17. The molecular weight excluding hydrogens is 264 g/mol. The Hall–Kier alpha value is -2.07. The second kappa shape index (κ2) is 6.59. The Morgan fingerprint density at radius 3 is 2.67 bits per heavy atom. The number of carbonyl (C=O) groups excluding carboxylic acids is 1. The molecule has 2 aromatic rings. The SMILES string of the molecule is Cc1cc(C(C)NC(=O)c2ccccc2CCN)c(C)o1. The fourth-order valence-electron chi connectivity index (χ4n) is 2.55. The average Bonchev–Trinajstić information content (AvgIpc) is 2.78. The van der Waals surface area contributed by atoms with Crippen molar-refractivity contribution in [2.24, 2.45) is 5.73 Å². The summed E-state index contributed by atoms with van der Waals surface area (Å²) in [7, 11) is 0. The van der Waals surface area contributed by atoms with Crippen LogP contribution in [0.4, 0.5) is 0 Å². The molecule has 1 unspecified atom stereocenters. The third-order valence-corrected chi connectivity index (χ3v) is 3.57. The van der Waals surface area contributed by atoms with Crippen LogP contribution < -0.4 is 11.1 Å². The Morgan fingerprint density at radius 1 is 1.33 bits per heavy atom. The van der Waals surface area contributed by atoms with Crippen LogP contribution in [0.3, 0.4) is 0 Å². The summed E-state index contributed by atoms with van der Waals surface area (Å²) in [5, 5.41) is 3.03. The average molecular weight is 286 g/mol. The van der Waals surface area contributed by atoms with Gasteiger partial charge >= 0.3 is 0 Å². The summed E-state index contributed by atoms with van der Waals surface area (Å²) in [6, 6.07) is 9.44. The molecule has 0 fully saturated rings. The molecule has 112 valence electrons. The number of rotatable bonds is 5. The predicted octanol–water partition coefficient (Wildman–Crippen LogP) is 2.89. The highest BCUT2D eigenvalue weighted by Crippen LogP contribution is 2.22. The van der Waals surface area contributed by atoms with Crippen molar-refractivity contribution in [2.45, 2.75) is 33.2 Å². The van der Waals surface area contributed by atoms with E-state index in [2.05, 4.69) is 5.32 Å². The molecule has 1 atom stereocenters. The van der Waals surface area contributed by atoms with Crippen LogP contribution >= 0.6 is 0 Å². The van der Waals surface area contributed by atoms with Gasteiger partial charge in [-0.25, -0.2) is 0 Å². The van der Waals surface area contributed by atoms with Gasteiger partial charge in [0, 0.05) is 11.1 Å². The molecule has 21 heavy (non-hydrogen) atoms. The summed E-state index contributed by atoms with van der Waals surface area (Å²) >= 11 is 0. The Bertz CT molecular complexity index is 631. The minimum Gasteiger partial charge on any atom is -0.466 e. The van der Waals surface area contributed by atoms with Crippen LogP contribution in [0.15, 0.2) is 34.7 Å². The minimum atomic E-state index is -0.0964. The Kier molecular flexibility index (Phi) is 4.81. The lowest BCUT2D eigenvalue weighted by Crippen LogP contribution is -2.28. The predicted molar refractivity (Wildman–Crippen MR) is 83.3 cm³/mol. The lowest BCUT2D eigenvalue weighted by Gasteiger charge is -2.15. The van der Waals surface area contributed by atoms with E-state index in [1.807, 2.05) is 51.1 Å². The number of nitrogens with one attached hydrogen (secondary N) is 1. The zero-order valence-electron chi connectivity index (χ0n) is 12.8. The first-order valence-corrected chi connectivity index (χ1v) is 7.18. The molecule has 1 heterocycles. The number of nitrogens with two attached hydrogens (primary N) is 1. The molecule has 0 aliphatic heterocycles. The molecule has 1 aromatic heterocycles. The van der Waals surface area contributed by atoms with E-state index in [1.54, 1.807) is 0 Å². The molecule has 0 saturated carbocycles. The van der Waals surface area contributed by atoms with Crippen LogP contribution in [0.1, 0.15) is 46.0 Å². The molecule has 0 radical (unpaired) electrons. The second-order valence-corrected chi connectivity index (χ2v) is 5.26. The zero-order valence-corrected chi connectivity index (χ0v) is 12.8. The normalized spacial score (nSPS) is 12.2. The van der Waals surface area contributed by atoms with E-state index in [0.717, 1.165) is 22.6 Å². The number of hydrogen-bond acceptors (Lipinski definition) is 3. The number of furan rings is 1. The van der Waals surface area contributed by atoms with Gasteiger partial charge in [-0.05, 0) is 51.4 Å². The molecular formula is C17H22N2O2. The maximum absolute atomic E-state index is 12.5. The number of amides is 1. The zero-order chi connectivity index (χ0) is 15.4. The van der Waals surface area contributed by atoms with Crippen molar-refractivity contribution in [3.63, 3.8) is 0 Å². The summed E-state index contributed by atoms with van der Waals surface area (Å²) < 4.78 is 5.52. The Morgan fingerprint density at radius 2 is 2.05 bits per heavy atom. The van der Waals surface area contributed by atoms with Gasteiger partial charge in [-0.1, -0.05) is 18.2 Å². The van der Waals surface area contributed by atoms with Crippen molar-refractivity contribution in [1.29, 1.82) is 0 Å². The van der Waals surface area contributed by atoms with Gasteiger partial charge in [0.25, 0.3) is 5.91 Å². The summed E-state index contributed by atoms with van der Waals surface area (Å²) in [6.45, 7) is 6.30. The highest BCUT2D eigenvalue weighted by molar-refractivity contribution is 5.95. The largest absolute Gasteiger partial charge is 0.466 e. The topological polar surface area (TPSA) is 68.3 Å². The molecule has 3 N–H and O–H groups in total. The summed E-state index contributed by atoms with van der Waals surface area (Å²) in [5.41, 5.74) is 8.28. The van der Waals surface area contributed by atoms with Crippen molar-refractivity contribution in [3.05, 3.63) is 58.5 Å². The van der Waals surface area contributed by atoms with Crippen LogP contribution in [-0.2, 0) is 6.42 Å². The lowest BCUT2D eigenvalue weighted by molar-refractivity contribution is 0.0939. The minimum absolute atomic E-state index is 0.0789. The molecule has 4 nitrogen and oxygen atoms in total. The van der Waals surface area contributed by atoms with Crippen molar-refractivity contribution >= 4 is 5.91 Å². The van der Waals surface area contributed by atoms with Crippen molar-refractivity contribution in [1.82, 2.24) is 5.32 Å². The fourth-order valence-corrected chi connectivity index (χ4v) is 2.55. The van der Waals surface area contributed by atoms with Gasteiger partial charge in [0.1, 0.15) is 11.5 Å². The molecule has 2 rings (SSSR count). The third-order valence-electron chi connectivity index (χ3n) is 3.57. The molecule has 0 spiro atoms. The van der Waals surface area contributed by atoms with Gasteiger partial charge in [-0.2, -0.15) is 0 Å². The van der Waals surface area contributed by atoms with Gasteiger partial charge < -0.3 is 15.5 Å². The first kappa shape index (κ1) is 15.3. The Balaban J connectivity index is 2.16. The maximum atomic E-state index is 12.5. The lowest BCUT2D eigenvalue weighted by atomic mass is 10.0. The van der Waals surface area contributed by atoms with Gasteiger partial charge in [-0.15, -0.1) is 0 Å². The van der Waals surface area contributed by atoms with E-state index in [-0.39, 0.29) is 11.9 Å². The van der Waals surface area contributed by atoms with Crippen molar-refractivity contribution in [2.75, 3.05) is 6.54 Å². The van der Waals surface area contributed by atoms with Crippen molar-refractivity contribution < 1.29 is 9.21 Å². The summed E-state index contributed by atoms with van der Waals surface area (Å²) in [4.78, 5) is 12.5. The van der Waals surface area contributed by atoms with Gasteiger partial charge in [0.2, 0.25) is 0 Å². The van der Waals surface area contributed by atoms with Crippen LogP contribution in [0.5, 0.6) is 0 Å². The smallest absolute Gasteiger partial charge is 0.252 e. The van der Waals surface area contributed by atoms with Gasteiger partial charge in [0.05, 0.1) is 6.04 Å². The number of hydrogen-bond donors (Lipinski definition) is 2. The van der Waals surface area contributed by atoms with E-state index >= 15 is 0 Å². The molecule has 4 heteroatoms. The number of aryl methyl sites for hydroxylation is 2. The Labute approximate surface area is 125 Å². The van der Waals surface area contributed by atoms with E-state index in [0.29, 0.717) is 18.5 Å². The van der Waals surface area contributed by atoms with Gasteiger partial charge in [-0.3, -0.25) is 4.79 Å². The number of benzene rings is 1. The standard InChI is InChI=1S/C17H22N2O2/c1-11-10-16(13(3)21-11)12(2)19-17(20)15-7-5-4-6-14(15)8-9-18/h4-7,10,12H,8-9,18H2,1-3H3,(H,19,20). The molecule has 1 aromatic carbocycles. The summed E-state index contributed by atoms with van der Waals surface area (Å²) in [6.07, 6.45) is 0.696. The molecule has 0 saturated heterocycles. The molecule has 1 amide bonds. The molecule has 0 aliphatic carbocycles. The summed E-state index contributed by atoms with van der Waals surface area (Å²) in [5.74, 6) is 1.62. The monoisotopic (exact) mass is 286 g/mol. The van der Waals surface area contributed by atoms with Crippen LogP contribution in [0.2, 0.25) is 0 Å². The number of carbonyl (C=O) groups is 1. The first-order valence-electron chi connectivity index (χ1n) is 7.18.